The fourth-order valence-electron chi connectivity index (χ4n) is 2.32. The van der Waals surface area contributed by atoms with Crippen LogP contribution in [0.1, 0.15) is 36.2 Å². The van der Waals surface area contributed by atoms with Crippen molar-refractivity contribution in [3.05, 3.63) is 51.8 Å². The lowest BCUT2D eigenvalue weighted by Crippen LogP contribution is -2.03. The molecule has 4 heteroatoms. The maximum atomic E-state index is 9.50. The van der Waals surface area contributed by atoms with Crippen molar-refractivity contribution in [2.75, 3.05) is 0 Å². The first-order chi connectivity index (χ1) is 9.51. The SMILES string of the molecule is Cc1cccc(Cn2nc(CC(C)C)c(CO)c2Cl)c1. The number of aliphatic hydroxyl groups excluding tert-OH is 1. The fourth-order valence-corrected chi connectivity index (χ4v) is 2.59. The zero-order valence-corrected chi connectivity index (χ0v) is 13.0. The van der Waals surface area contributed by atoms with Crippen LogP contribution in [-0.2, 0) is 19.6 Å². The molecule has 0 radical (unpaired) electrons. The highest BCUT2D eigenvalue weighted by Gasteiger charge is 2.16. The average molecular weight is 293 g/mol. The van der Waals surface area contributed by atoms with Gasteiger partial charge in [-0.05, 0) is 24.8 Å². The minimum Gasteiger partial charge on any atom is -0.391 e. The van der Waals surface area contributed by atoms with Gasteiger partial charge in [0.2, 0.25) is 0 Å². The molecule has 1 heterocycles. The second-order valence-electron chi connectivity index (χ2n) is 5.62. The van der Waals surface area contributed by atoms with E-state index in [4.69, 9.17) is 11.6 Å². The number of rotatable bonds is 5. The van der Waals surface area contributed by atoms with E-state index in [-0.39, 0.29) is 6.61 Å². The average Bonchev–Trinajstić information content (AvgIpc) is 2.64. The predicted octanol–water partition coefficient (Wildman–Crippen LogP) is 3.58. The third-order valence-corrected chi connectivity index (χ3v) is 3.66. The van der Waals surface area contributed by atoms with Gasteiger partial charge >= 0.3 is 0 Å². The summed E-state index contributed by atoms with van der Waals surface area (Å²) in [6.45, 7) is 6.90. The molecule has 0 aliphatic carbocycles. The van der Waals surface area contributed by atoms with Gasteiger partial charge in [0.05, 0.1) is 18.8 Å². The van der Waals surface area contributed by atoms with Crippen LogP contribution in [0.2, 0.25) is 5.15 Å². The third kappa shape index (κ3) is 3.41. The normalized spacial score (nSPS) is 11.3. The third-order valence-electron chi connectivity index (χ3n) is 3.24. The zero-order chi connectivity index (χ0) is 14.7. The Morgan fingerprint density at radius 3 is 2.70 bits per heavy atom. The molecule has 1 aromatic carbocycles. The van der Waals surface area contributed by atoms with Gasteiger partial charge in [0, 0.05) is 5.56 Å². The molecule has 20 heavy (non-hydrogen) atoms. The Morgan fingerprint density at radius 2 is 2.10 bits per heavy atom. The quantitative estimate of drug-likeness (QED) is 0.914. The summed E-state index contributed by atoms with van der Waals surface area (Å²) in [6.07, 6.45) is 0.830. The lowest BCUT2D eigenvalue weighted by Gasteiger charge is -2.04. The summed E-state index contributed by atoms with van der Waals surface area (Å²) in [6, 6.07) is 8.28. The van der Waals surface area contributed by atoms with Gasteiger partial charge in [0.25, 0.3) is 0 Å². The fraction of sp³-hybridized carbons (Fsp3) is 0.438. The van der Waals surface area contributed by atoms with Crippen LogP contribution in [0.25, 0.3) is 0 Å². The van der Waals surface area contributed by atoms with Crippen LogP contribution < -0.4 is 0 Å². The Bertz CT molecular complexity index is 590. The molecule has 108 valence electrons. The highest BCUT2D eigenvalue weighted by atomic mass is 35.5. The van der Waals surface area contributed by atoms with Crippen molar-refractivity contribution in [2.24, 2.45) is 5.92 Å². The monoisotopic (exact) mass is 292 g/mol. The minimum atomic E-state index is -0.0608. The Labute approximate surface area is 125 Å². The number of aryl methyl sites for hydroxylation is 1. The van der Waals surface area contributed by atoms with Gasteiger partial charge in [0.15, 0.2) is 0 Å². The molecule has 0 saturated carbocycles. The van der Waals surface area contributed by atoms with Gasteiger partial charge in [-0.1, -0.05) is 55.3 Å². The van der Waals surface area contributed by atoms with Crippen molar-refractivity contribution in [3.8, 4) is 0 Å². The van der Waals surface area contributed by atoms with Crippen molar-refractivity contribution >= 4 is 11.6 Å². The molecule has 0 atom stereocenters. The van der Waals surface area contributed by atoms with Crippen LogP contribution in [0.5, 0.6) is 0 Å². The Hall–Kier alpha value is -1.32. The summed E-state index contributed by atoms with van der Waals surface area (Å²) >= 11 is 6.34. The summed E-state index contributed by atoms with van der Waals surface area (Å²) in [5.41, 5.74) is 4.04. The second kappa shape index (κ2) is 6.42. The van der Waals surface area contributed by atoms with Gasteiger partial charge in [-0.3, -0.25) is 0 Å². The number of aromatic nitrogens is 2. The Balaban J connectivity index is 2.30. The smallest absolute Gasteiger partial charge is 0.133 e. The van der Waals surface area contributed by atoms with Crippen molar-refractivity contribution in [1.82, 2.24) is 9.78 Å². The molecule has 0 bridgehead atoms. The van der Waals surface area contributed by atoms with Crippen LogP contribution in [0.3, 0.4) is 0 Å². The van der Waals surface area contributed by atoms with Crippen LogP contribution in [0.4, 0.5) is 0 Å². The van der Waals surface area contributed by atoms with E-state index in [1.807, 2.05) is 6.07 Å². The van der Waals surface area contributed by atoms with Gasteiger partial charge in [-0.15, -0.1) is 0 Å². The van der Waals surface area contributed by atoms with Crippen molar-refractivity contribution in [2.45, 2.75) is 40.3 Å². The summed E-state index contributed by atoms with van der Waals surface area (Å²) in [5.74, 6) is 0.485. The van der Waals surface area contributed by atoms with Crippen molar-refractivity contribution in [1.29, 1.82) is 0 Å². The van der Waals surface area contributed by atoms with Gasteiger partial charge < -0.3 is 5.11 Å². The van der Waals surface area contributed by atoms with Crippen molar-refractivity contribution in [3.63, 3.8) is 0 Å². The number of aliphatic hydroxyl groups is 1. The Kier molecular flexibility index (Phi) is 4.84. The van der Waals surface area contributed by atoms with Gasteiger partial charge in [-0.2, -0.15) is 5.10 Å². The van der Waals surface area contributed by atoms with E-state index >= 15 is 0 Å². The van der Waals surface area contributed by atoms with Gasteiger partial charge in [-0.25, -0.2) is 4.68 Å². The van der Waals surface area contributed by atoms with E-state index in [0.717, 1.165) is 23.2 Å². The molecule has 0 spiro atoms. The molecule has 0 amide bonds. The molecule has 3 nitrogen and oxygen atoms in total. The summed E-state index contributed by atoms with van der Waals surface area (Å²) < 4.78 is 1.78. The number of hydrogen-bond donors (Lipinski definition) is 1. The molecule has 0 fully saturated rings. The van der Waals surface area contributed by atoms with E-state index in [2.05, 4.69) is 44.1 Å². The standard InChI is InChI=1S/C16H21ClN2O/c1-11(2)7-15-14(10-20)16(17)19(18-15)9-13-6-4-5-12(3)8-13/h4-6,8,11,20H,7,9-10H2,1-3H3. The molecule has 1 N–H and O–H groups in total. The largest absolute Gasteiger partial charge is 0.391 e. The molecule has 0 aliphatic rings. The lowest BCUT2D eigenvalue weighted by atomic mass is 10.1. The number of hydrogen-bond acceptors (Lipinski definition) is 2. The Morgan fingerprint density at radius 1 is 1.35 bits per heavy atom. The predicted molar refractivity (Wildman–Crippen MR) is 82.0 cm³/mol. The molecule has 2 aromatic rings. The van der Waals surface area contributed by atoms with E-state index < -0.39 is 0 Å². The summed E-state index contributed by atoms with van der Waals surface area (Å²) in [7, 11) is 0. The molecule has 1 aromatic heterocycles. The maximum absolute atomic E-state index is 9.50. The lowest BCUT2D eigenvalue weighted by molar-refractivity contribution is 0.280. The van der Waals surface area contributed by atoms with E-state index in [1.54, 1.807) is 4.68 Å². The number of halogens is 1. The van der Waals surface area contributed by atoms with E-state index in [1.165, 1.54) is 5.56 Å². The van der Waals surface area contributed by atoms with Crippen LogP contribution in [0.15, 0.2) is 24.3 Å². The zero-order valence-electron chi connectivity index (χ0n) is 12.2. The minimum absolute atomic E-state index is 0.0608. The number of nitrogens with zero attached hydrogens (tertiary/aromatic N) is 2. The van der Waals surface area contributed by atoms with Crippen LogP contribution >= 0.6 is 11.6 Å². The summed E-state index contributed by atoms with van der Waals surface area (Å²) in [4.78, 5) is 0. The highest BCUT2D eigenvalue weighted by Crippen LogP contribution is 2.23. The summed E-state index contributed by atoms with van der Waals surface area (Å²) in [5, 5.41) is 14.6. The molecular formula is C16H21ClN2O. The van der Waals surface area contributed by atoms with E-state index in [0.29, 0.717) is 17.6 Å². The molecular weight excluding hydrogens is 272 g/mol. The number of benzene rings is 1. The first-order valence-electron chi connectivity index (χ1n) is 6.91. The first-order valence-corrected chi connectivity index (χ1v) is 7.29. The van der Waals surface area contributed by atoms with Gasteiger partial charge in [0.1, 0.15) is 5.15 Å². The topological polar surface area (TPSA) is 38.0 Å². The molecule has 0 saturated heterocycles. The maximum Gasteiger partial charge on any atom is 0.133 e. The molecule has 2 rings (SSSR count). The molecule has 0 aliphatic heterocycles. The molecule has 0 unspecified atom stereocenters. The van der Waals surface area contributed by atoms with Crippen LogP contribution in [-0.4, -0.2) is 14.9 Å². The van der Waals surface area contributed by atoms with Crippen molar-refractivity contribution < 1.29 is 5.11 Å². The van der Waals surface area contributed by atoms with E-state index in [9.17, 15) is 5.11 Å². The van der Waals surface area contributed by atoms with Crippen LogP contribution in [0, 0.1) is 12.8 Å². The second-order valence-corrected chi connectivity index (χ2v) is 5.98. The first kappa shape index (κ1) is 15.1. The highest BCUT2D eigenvalue weighted by molar-refractivity contribution is 6.30.